The van der Waals surface area contributed by atoms with E-state index in [2.05, 4.69) is 0 Å². The van der Waals surface area contributed by atoms with Crippen LogP contribution in [0.4, 0.5) is 0 Å². The van der Waals surface area contributed by atoms with Gasteiger partial charge in [-0.2, -0.15) is 0 Å². The zero-order valence-corrected chi connectivity index (χ0v) is 9.90. The zero-order chi connectivity index (χ0) is 14.0. The number of methoxy groups -OCH3 is 1. The number of phenolic OH excluding ortho intramolecular Hbond substituents is 1. The lowest BCUT2D eigenvalue weighted by molar-refractivity contribution is 0.0381. The summed E-state index contributed by atoms with van der Waals surface area (Å²) in [6, 6.07) is 6.19. The van der Waals surface area contributed by atoms with E-state index in [1.165, 1.54) is 37.4 Å². The van der Waals surface area contributed by atoms with Gasteiger partial charge in [0.05, 0.1) is 12.7 Å². The molecule has 7 nitrogen and oxygen atoms in total. The Morgan fingerprint density at radius 1 is 1.11 bits per heavy atom. The molecule has 2 aromatic rings. The molecule has 0 aliphatic carbocycles. The fourth-order valence-electron chi connectivity index (χ4n) is 1.44. The number of carbonyl (C=O) groups excluding carboxylic acids is 1. The Kier molecular flexibility index (Phi) is 3.19. The first-order chi connectivity index (χ1) is 9.02. The van der Waals surface area contributed by atoms with Crippen LogP contribution < -0.4 is 9.57 Å². The van der Waals surface area contributed by atoms with Gasteiger partial charge in [-0.15, -0.1) is 4.73 Å². The summed E-state index contributed by atoms with van der Waals surface area (Å²) in [5, 5.41) is 28.1. The predicted octanol–water partition coefficient (Wildman–Crippen LogP) is 0.882. The van der Waals surface area contributed by atoms with Crippen LogP contribution in [0.5, 0.6) is 23.3 Å². The second-order valence-electron chi connectivity index (χ2n) is 3.61. The minimum Gasteiger partial charge on any atom is -0.504 e. The summed E-state index contributed by atoms with van der Waals surface area (Å²) in [6.45, 7) is 0. The molecule has 0 saturated heterocycles. The van der Waals surface area contributed by atoms with Gasteiger partial charge in [0.25, 0.3) is 0 Å². The monoisotopic (exact) mass is 265 g/mol. The topological polar surface area (TPSA) is 101 Å². The molecule has 0 atom stereocenters. The third kappa shape index (κ3) is 2.39. The van der Waals surface area contributed by atoms with Gasteiger partial charge in [-0.3, -0.25) is 0 Å². The Morgan fingerprint density at radius 2 is 1.74 bits per heavy atom. The molecule has 1 heterocycles. The van der Waals surface area contributed by atoms with E-state index in [0.717, 1.165) is 0 Å². The van der Waals surface area contributed by atoms with Gasteiger partial charge in [-0.25, -0.2) is 4.79 Å². The number of aromatic hydroxyl groups is 3. The summed E-state index contributed by atoms with van der Waals surface area (Å²) < 4.78 is 5.43. The van der Waals surface area contributed by atoms with Crippen molar-refractivity contribution in [1.82, 2.24) is 4.73 Å². The summed E-state index contributed by atoms with van der Waals surface area (Å²) in [7, 11) is 1.34. The Bertz CT molecular complexity index is 599. The summed E-state index contributed by atoms with van der Waals surface area (Å²) in [4.78, 5) is 16.6. The summed E-state index contributed by atoms with van der Waals surface area (Å²) in [5.74, 6) is -1.69. The first-order valence-electron chi connectivity index (χ1n) is 5.22. The zero-order valence-electron chi connectivity index (χ0n) is 9.90. The van der Waals surface area contributed by atoms with Crippen LogP contribution in [-0.4, -0.2) is 33.1 Å². The average molecular weight is 265 g/mol. The smallest absolute Gasteiger partial charge is 0.364 e. The highest BCUT2D eigenvalue weighted by Crippen LogP contribution is 2.26. The predicted molar refractivity (Wildman–Crippen MR) is 63.3 cm³/mol. The van der Waals surface area contributed by atoms with Crippen molar-refractivity contribution < 1.29 is 29.7 Å². The molecular weight excluding hydrogens is 254 g/mol. The maximum Gasteiger partial charge on any atom is 0.364 e. The van der Waals surface area contributed by atoms with Gasteiger partial charge < -0.3 is 24.9 Å². The van der Waals surface area contributed by atoms with E-state index in [4.69, 9.17) is 9.57 Å². The van der Waals surface area contributed by atoms with Gasteiger partial charge in [-0.05, 0) is 18.2 Å². The molecule has 19 heavy (non-hydrogen) atoms. The largest absolute Gasteiger partial charge is 0.504 e. The normalized spacial score (nSPS) is 10.2. The van der Waals surface area contributed by atoms with Gasteiger partial charge in [0.2, 0.25) is 11.8 Å². The number of aromatic nitrogens is 1. The van der Waals surface area contributed by atoms with Crippen molar-refractivity contribution in [3.8, 4) is 23.3 Å². The molecule has 0 aliphatic heterocycles. The highest BCUT2D eigenvalue weighted by atomic mass is 16.7. The van der Waals surface area contributed by atoms with Crippen LogP contribution >= 0.6 is 0 Å². The van der Waals surface area contributed by atoms with E-state index in [-0.39, 0.29) is 17.1 Å². The maximum absolute atomic E-state index is 11.8. The maximum atomic E-state index is 11.8. The van der Waals surface area contributed by atoms with Gasteiger partial charge in [0.15, 0.2) is 11.5 Å². The first kappa shape index (κ1) is 12.6. The molecular formula is C12H11NO6. The SMILES string of the molecule is COc1cc(C(=O)On2c(O)ccc2O)ccc1O. The molecule has 7 heteroatoms. The van der Waals surface area contributed by atoms with Gasteiger partial charge in [0.1, 0.15) is 0 Å². The van der Waals surface area contributed by atoms with Crippen molar-refractivity contribution in [3.63, 3.8) is 0 Å². The van der Waals surface area contributed by atoms with Crippen LogP contribution in [0.15, 0.2) is 30.3 Å². The average Bonchev–Trinajstić information content (AvgIpc) is 2.71. The van der Waals surface area contributed by atoms with Crippen molar-refractivity contribution in [2.75, 3.05) is 7.11 Å². The molecule has 0 aliphatic rings. The van der Waals surface area contributed by atoms with Crippen LogP contribution in [0.25, 0.3) is 0 Å². The summed E-state index contributed by atoms with van der Waals surface area (Å²) in [5.41, 5.74) is 0.0853. The van der Waals surface area contributed by atoms with E-state index in [0.29, 0.717) is 4.73 Å². The minimum absolute atomic E-state index is 0.0853. The van der Waals surface area contributed by atoms with Crippen LogP contribution in [-0.2, 0) is 0 Å². The lowest BCUT2D eigenvalue weighted by atomic mass is 10.2. The molecule has 0 unspecified atom stereocenters. The highest BCUT2D eigenvalue weighted by molar-refractivity contribution is 5.90. The van der Waals surface area contributed by atoms with Crippen molar-refractivity contribution in [2.24, 2.45) is 0 Å². The van der Waals surface area contributed by atoms with Crippen molar-refractivity contribution in [2.45, 2.75) is 0 Å². The van der Waals surface area contributed by atoms with Crippen LogP contribution in [0.1, 0.15) is 10.4 Å². The van der Waals surface area contributed by atoms with E-state index >= 15 is 0 Å². The second kappa shape index (κ2) is 4.81. The number of hydrogen-bond acceptors (Lipinski definition) is 6. The third-order valence-electron chi connectivity index (χ3n) is 2.39. The molecule has 0 radical (unpaired) electrons. The fourth-order valence-corrected chi connectivity index (χ4v) is 1.44. The Hall–Kier alpha value is -2.83. The summed E-state index contributed by atoms with van der Waals surface area (Å²) in [6.07, 6.45) is 0. The molecule has 0 fully saturated rings. The van der Waals surface area contributed by atoms with Gasteiger partial charge >= 0.3 is 5.97 Å². The number of rotatable bonds is 3. The van der Waals surface area contributed by atoms with Gasteiger partial charge in [0, 0.05) is 12.1 Å². The molecule has 0 spiro atoms. The first-order valence-corrected chi connectivity index (χ1v) is 5.22. The van der Waals surface area contributed by atoms with Gasteiger partial charge in [-0.1, -0.05) is 0 Å². The standard InChI is InChI=1S/C12H11NO6/c1-18-9-6-7(2-3-8(9)14)12(17)19-13-10(15)4-5-11(13)16/h2-6,14-16H,1H3. The Morgan fingerprint density at radius 3 is 2.32 bits per heavy atom. The molecule has 0 amide bonds. The third-order valence-corrected chi connectivity index (χ3v) is 2.39. The van der Waals surface area contributed by atoms with E-state index in [1.54, 1.807) is 0 Å². The van der Waals surface area contributed by atoms with E-state index < -0.39 is 17.7 Å². The van der Waals surface area contributed by atoms with Crippen molar-refractivity contribution in [3.05, 3.63) is 35.9 Å². The van der Waals surface area contributed by atoms with E-state index in [9.17, 15) is 20.1 Å². The van der Waals surface area contributed by atoms with Crippen LogP contribution in [0.2, 0.25) is 0 Å². The Balaban J connectivity index is 2.25. The number of phenols is 1. The summed E-state index contributed by atoms with van der Waals surface area (Å²) >= 11 is 0. The molecule has 0 bridgehead atoms. The number of ether oxygens (including phenoxy) is 1. The lowest BCUT2D eigenvalue weighted by Crippen LogP contribution is -2.19. The molecule has 0 saturated carbocycles. The molecule has 2 rings (SSSR count). The number of carbonyl (C=O) groups is 1. The van der Waals surface area contributed by atoms with Crippen molar-refractivity contribution >= 4 is 5.97 Å². The number of nitrogens with zero attached hydrogens (tertiary/aromatic N) is 1. The highest BCUT2D eigenvalue weighted by Gasteiger charge is 2.15. The van der Waals surface area contributed by atoms with Crippen LogP contribution in [0, 0.1) is 0 Å². The minimum atomic E-state index is -0.833. The molecule has 1 aromatic carbocycles. The lowest BCUT2D eigenvalue weighted by Gasteiger charge is -2.08. The Labute approximate surface area is 107 Å². The number of benzene rings is 1. The molecule has 100 valence electrons. The molecule has 3 N–H and O–H groups in total. The quantitative estimate of drug-likeness (QED) is 0.761. The van der Waals surface area contributed by atoms with E-state index in [1.807, 2.05) is 0 Å². The fraction of sp³-hybridized carbons (Fsp3) is 0.0833. The second-order valence-corrected chi connectivity index (χ2v) is 3.61. The van der Waals surface area contributed by atoms with Crippen molar-refractivity contribution in [1.29, 1.82) is 0 Å². The number of hydrogen-bond donors (Lipinski definition) is 3. The van der Waals surface area contributed by atoms with Crippen LogP contribution in [0.3, 0.4) is 0 Å². The molecule has 1 aromatic heterocycles.